The van der Waals surface area contributed by atoms with E-state index in [1.54, 1.807) is 23.1 Å². The highest BCUT2D eigenvalue weighted by Gasteiger charge is 2.26. The number of anilines is 1. The zero-order chi connectivity index (χ0) is 15.4. The number of carbonyl (C=O) groups excluding carboxylic acids is 1. The van der Waals surface area contributed by atoms with Crippen LogP contribution < -0.4 is 5.73 Å². The van der Waals surface area contributed by atoms with Crippen LogP contribution in [0.2, 0.25) is 5.02 Å². The Balaban J connectivity index is 1.84. The van der Waals surface area contributed by atoms with E-state index in [-0.39, 0.29) is 11.8 Å². The summed E-state index contributed by atoms with van der Waals surface area (Å²) in [7, 11) is 0. The monoisotopic (exact) mass is 328 g/mol. The van der Waals surface area contributed by atoms with Gasteiger partial charge in [0, 0.05) is 23.7 Å². The number of likely N-dealkylation sites (tertiary alicyclic amines) is 1. The summed E-state index contributed by atoms with van der Waals surface area (Å²) >= 11 is 7.43. The van der Waals surface area contributed by atoms with Crippen LogP contribution >= 0.6 is 23.4 Å². The summed E-state index contributed by atoms with van der Waals surface area (Å²) in [5.74, 6) is -0.795. The molecular formula is C14H17ClN2O3S. The molecule has 7 heteroatoms. The zero-order valence-corrected chi connectivity index (χ0v) is 13.0. The van der Waals surface area contributed by atoms with Crippen molar-refractivity contribution in [1.82, 2.24) is 4.90 Å². The molecule has 1 aromatic carbocycles. The van der Waals surface area contributed by atoms with E-state index in [0.717, 1.165) is 4.90 Å². The SMILES string of the molecule is Nc1ccc(SCC(=O)N2CCC(C(=O)O)CC2)c(Cl)c1. The third-order valence-electron chi connectivity index (χ3n) is 3.50. The molecule has 0 radical (unpaired) electrons. The minimum absolute atomic E-state index is 0.0109. The maximum atomic E-state index is 12.1. The third-order valence-corrected chi connectivity index (χ3v) is 4.99. The molecule has 5 nitrogen and oxygen atoms in total. The van der Waals surface area contributed by atoms with Gasteiger partial charge in [0.05, 0.1) is 16.7 Å². The first-order valence-corrected chi connectivity index (χ1v) is 8.02. The molecule has 1 fully saturated rings. The highest BCUT2D eigenvalue weighted by molar-refractivity contribution is 8.00. The van der Waals surface area contributed by atoms with Crippen molar-refractivity contribution in [3.8, 4) is 0 Å². The fourth-order valence-electron chi connectivity index (χ4n) is 2.24. The quantitative estimate of drug-likeness (QED) is 0.654. The fraction of sp³-hybridized carbons (Fsp3) is 0.429. The number of rotatable bonds is 4. The number of nitrogens with two attached hydrogens (primary N) is 1. The number of amides is 1. The molecule has 1 aliphatic rings. The fourth-order valence-corrected chi connectivity index (χ4v) is 3.42. The number of hydrogen-bond donors (Lipinski definition) is 2. The lowest BCUT2D eigenvalue weighted by atomic mass is 9.97. The van der Waals surface area contributed by atoms with E-state index < -0.39 is 5.97 Å². The first-order chi connectivity index (χ1) is 9.97. The van der Waals surface area contributed by atoms with Crippen LogP contribution in [0, 0.1) is 5.92 Å². The highest BCUT2D eigenvalue weighted by Crippen LogP contribution is 2.29. The topological polar surface area (TPSA) is 83.6 Å². The number of benzene rings is 1. The number of halogens is 1. The van der Waals surface area contributed by atoms with Crippen LogP contribution in [0.25, 0.3) is 0 Å². The normalized spacial score (nSPS) is 16.0. The lowest BCUT2D eigenvalue weighted by Crippen LogP contribution is -2.41. The molecule has 0 spiro atoms. The molecule has 21 heavy (non-hydrogen) atoms. The van der Waals surface area contributed by atoms with Crippen molar-refractivity contribution in [3.63, 3.8) is 0 Å². The summed E-state index contributed by atoms with van der Waals surface area (Å²) in [6, 6.07) is 5.20. The predicted molar refractivity (Wildman–Crippen MR) is 83.5 cm³/mol. The molecule has 1 aromatic rings. The highest BCUT2D eigenvalue weighted by atomic mass is 35.5. The van der Waals surface area contributed by atoms with Crippen LogP contribution in [0.3, 0.4) is 0 Å². The zero-order valence-electron chi connectivity index (χ0n) is 11.4. The van der Waals surface area contributed by atoms with Crippen LogP contribution in [0.5, 0.6) is 0 Å². The minimum atomic E-state index is -0.773. The molecule has 2 rings (SSSR count). The molecule has 3 N–H and O–H groups in total. The van der Waals surface area contributed by atoms with Crippen LogP contribution in [0.1, 0.15) is 12.8 Å². The summed E-state index contributed by atoms with van der Waals surface area (Å²) in [5.41, 5.74) is 6.21. The van der Waals surface area contributed by atoms with Crippen molar-refractivity contribution in [2.75, 3.05) is 24.6 Å². The summed E-state index contributed by atoms with van der Waals surface area (Å²) in [6.07, 6.45) is 1.04. The molecule has 1 aliphatic heterocycles. The van der Waals surface area contributed by atoms with Crippen LogP contribution in [-0.4, -0.2) is 40.7 Å². The van der Waals surface area contributed by atoms with E-state index in [4.69, 9.17) is 22.4 Å². The van der Waals surface area contributed by atoms with Crippen molar-refractivity contribution < 1.29 is 14.7 Å². The molecule has 1 amide bonds. The van der Waals surface area contributed by atoms with Gasteiger partial charge in [0.25, 0.3) is 0 Å². The van der Waals surface area contributed by atoms with Crippen LogP contribution in [0.4, 0.5) is 5.69 Å². The largest absolute Gasteiger partial charge is 0.481 e. The summed E-state index contributed by atoms with van der Waals surface area (Å²) in [5, 5.41) is 9.47. The van der Waals surface area contributed by atoms with E-state index in [9.17, 15) is 9.59 Å². The van der Waals surface area contributed by atoms with E-state index >= 15 is 0 Å². The van der Waals surface area contributed by atoms with Gasteiger partial charge in [-0.25, -0.2) is 0 Å². The number of aliphatic carboxylic acids is 1. The molecule has 0 unspecified atom stereocenters. The average Bonchev–Trinajstić information content (AvgIpc) is 2.46. The van der Waals surface area contributed by atoms with Crippen molar-refractivity contribution in [2.24, 2.45) is 5.92 Å². The number of carboxylic acid groups (broad SMARTS) is 1. The van der Waals surface area contributed by atoms with Gasteiger partial charge < -0.3 is 15.7 Å². The van der Waals surface area contributed by atoms with Gasteiger partial charge >= 0.3 is 5.97 Å². The Morgan fingerprint density at radius 2 is 2.05 bits per heavy atom. The van der Waals surface area contributed by atoms with Gasteiger partial charge in [-0.15, -0.1) is 11.8 Å². The lowest BCUT2D eigenvalue weighted by molar-refractivity contribution is -0.145. The molecule has 0 saturated carbocycles. The van der Waals surface area contributed by atoms with Gasteiger partial charge in [-0.05, 0) is 31.0 Å². The van der Waals surface area contributed by atoms with Gasteiger partial charge in [0.2, 0.25) is 5.91 Å². The van der Waals surface area contributed by atoms with Gasteiger partial charge in [-0.3, -0.25) is 9.59 Å². The second-order valence-electron chi connectivity index (χ2n) is 4.97. The molecule has 0 bridgehead atoms. The Labute approximate surface area is 132 Å². The number of carbonyl (C=O) groups is 2. The molecule has 0 aromatic heterocycles. The molecular weight excluding hydrogens is 312 g/mol. The van der Waals surface area contributed by atoms with Crippen molar-refractivity contribution in [2.45, 2.75) is 17.7 Å². The van der Waals surface area contributed by atoms with Crippen molar-refractivity contribution >= 4 is 40.9 Å². The summed E-state index contributed by atoms with van der Waals surface area (Å²) in [4.78, 5) is 25.5. The Hall–Kier alpha value is -1.40. The molecule has 1 saturated heterocycles. The van der Waals surface area contributed by atoms with E-state index in [0.29, 0.717) is 42.4 Å². The number of nitrogen functional groups attached to an aromatic ring is 1. The van der Waals surface area contributed by atoms with Gasteiger partial charge in [-0.2, -0.15) is 0 Å². The second-order valence-corrected chi connectivity index (χ2v) is 6.40. The maximum Gasteiger partial charge on any atom is 0.306 e. The van der Waals surface area contributed by atoms with Crippen LogP contribution in [0.15, 0.2) is 23.1 Å². The molecule has 0 aliphatic carbocycles. The summed E-state index contributed by atoms with van der Waals surface area (Å²) < 4.78 is 0. The van der Waals surface area contributed by atoms with E-state index in [2.05, 4.69) is 0 Å². The average molecular weight is 329 g/mol. The Kier molecular flexibility index (Phi) is 5.36. The standard InChI is InChI=1S/C14H17ClN2O3S/c15-11-7-10(16)1-2-12(11)21-8-13(18)17-5-3-9(4-6-17)14(19)20/h1-2,7,9H,3-6,8,16H2,(H,19,20). The lowest BCUT2D eigenvalue weighted by Gasteiger charge is -2.30. The third kappa shape index (κ3) is 4.28. The summed E-state index contributed by atoms with van der Waals surface area (Å²) in [6.45, 7) is 1.01. The number of carboxylic acids is 1. The van der Waals surface area contributed by atoms with E-state index in [1.165, 1.54) is 11.8 Å². The number of piperidine rings is 1. The number of thioether (sulfide) groups is 1. The van der Waals surface area contributed by atoms with E-state index in [1.807, 2.05) is 0 Å². The van der Waals surface area contributed by atoms with Gasteiger partial charge in [-0.1, -0.05) is 11.6 Å². The number of nitrogens with zero attached hydrogens (tertiary/aromatic N) is 1. The first kappa shape index (κ1) is 16.0. The maximum absolute atomic E-state index is 12.1. The smallest absolute Gasteiger partial charge is 0.306 e. The molecule has 0 atom stereocenters. The molecule has 1 heterocycles. The second kappa shape index (κ2) is 7.04. The van der Waals surface area contributed by atoms with Crippen molar-refractivity contribution in [1.29, 1.82) is 0 Å². The van der Waals surface area contributed by atoms with Gasteiger partial charge in [0.15, 0.2) is 0 Å². The van der Waals surface area contributed by atoms with Crippen molar-refractivity contribution in [3.05, 3.63) is 23.2 Å². The first-order valence-electron chi connectivity index (χ1n) is 6.66. The Bertz CT molecular complexity index is 545. The van der Waals surface area contributed by atoms with Crippen LogP contribution in [-0.2, 0) is 9.59 Å². The Morgan fingerprint density at radius 1 is 1.38 bits per heavy atom. The minimum Gasteiger partial charge on any atom is -0.481 e. The predicted octanol–water partition coefficient (Wildman–Crippen LogP) is 2.34. The van der Waals surface area contributed by atoms with Gasteiger partial charge in [0.1, 0.15) is 0 Å². The number of hydrogen-bond acceptors (Lipinski definition) is 4. The molecule has 114 valence electrons. The Morgan fingerprint density at radius 3 is 2.62 bits per heavy atom.